The predicted octanol–water partition coefficient (Wildman–Crippen LogP) is 3.27. The van der Waals surface area contributed by atoms with E-state index in [1.54, 1.807) is 8.93 Å². The Balaban J connectivity index is 1.94. The third-order valence-corrected chi connectivity index (χ3v) is 4.18. The second-order valence-corrected chi connectivity index (χ2v) is 6.95. The molecular formula is C11H21IO3S. The summed E-state index contributed by atoms with van der Waals surface area (Å²) in [4.78, 5) is 0. The van der Waals surface area contributed by atoms with Crippen LogP contribution in [0.2, 0.25) is 0 Å². The lowest BCUT2D eigenvalue weighted by Crippen LogP contribution is -2.39. The third-order valence-electron chi connectivity index (χ3n) is 2.54. The molecule has 16 heavy (non-hydrogen) atoms. The van der Waals surface area contributed by atoms with Crippen LogP contribution in [0.1, 0.15) is 26.7 Å². The quantitative estimate of drug-likeness (QED) is 0.515. The maximum absolute atomic E-state index is 5.61. The van der Waals surface area contributed by atoms with Crippen LogP contribution in [0.25, 0.3) is 0 Å². The zero-order valence-electron chi connectivity index (χ0n) is 10.0. The molecule has 5 heteroatoms. The van der Waals surface area contributed by atoms with Crippen molar-refractivity contribution >= 4 is 30.1 Å². The van der Waals surface area contributed by atoms with Crippen molar-refractivity contribution in [1.29, 1.82) is 0 Å². The van der Waals surface area contributed by atoms with Gasteiger partial charge in [0, 0.05) is 18.3 Å². The van der Waals surface area contributed by atoms with Gasteiger partial charge >= 0.3 is 0 Å². The average molecular weight is 360 g/mol. The molecule has 1 aliphatic heterocycles. The van der Waals surface area contributed by atoms with Gasteiger partial charge in [0.05, 0.1) is 19.8 Å². The molecule has 0 atom stereocenters. The average Bonchev–Trinajstić information content (AvgIpc) is 2.25. The molecule has 1 fully saturated rings. The first-order valence-corrected chi connectivity index (χ1v) is 9.26. The van der Waals surface area contributed by atoms with Gasteiger partial charge in [-0.05, 0) is 47.9 Å². The highest BCUT2D eigenvalue weighted by atomic mass is 127. The van der Waals surface area contributed by atoms with Gasteiger partial charge in [0.1, 0.15) is 0 Å². The van der Waals surface area contributed by atoms with Crippen LogP contribution in [0.15, 0.2) is 0 Å². The fourth-order valence-electron chi connectivity index (χ4n) is 1.56. The van der Waals surface area contributed by atoms with Crippen LogP contribution in [0.5, 0.6) is 0 Å². The summed E-state index contributed by atoms with van der Waals surface area (Å²) in [7, 11) is 1.79. The predicted molar refractivity (Wildman–Crippen MR) is 76.0 cm³/mol. The second-order valence-electron chi connectivity index (χ2n) is 4.46. The lowest BCUT2D eigenvalue weighted by Gasteiger charge is -2.34. The Labute approximate surface area is 115 Å². The molecule has 0 aromatic carbocycles. The van der Waals surface area contributed by atoms with Crippen LogP contribution in [-0.4, -0.2) is 38.0 Å². The van der Waals surface area contributed by atoms with Gasteiger partial charge in [0.15, 0.2) is 5.79 Å². The Bertz CT molecular complexity index is 180. The summed E-state index contributed by atoms with van der Waals surface area (Å²) >= 11 is 2.29. The number of ether oxygens (including phenoxy) is 3. The monoisotopic (exact) mass is 360 g/mol. The maximum Gasteiger partial charge on any atom is 0.162 e. The Hall–Kier alpha value is 0.960. The van der Waals surface area contributed by atoms with E-state index < -0.39 is 0 Å². The fourth-order valence-corrected chi connectivity index (χ4v) is 2.28. The molecule has 1 saturated heterocycles. The van der Waals surface area contributed by atoms with Gasteiger partial charge in [-0.2, -0.15) is 0 Å². The van der Waals surface area contributed by atoms with E-state index in [-0.39, 0.29) is 5.79 Å². The molecular weight excluding hydrogens is 339 g/mol. The molecule has 96 valence electrons. The molecule has 3 nitrogen and oxygen atoms in total. The number of rotatable bonds is 7. The van der Waals surface area contributed by atoms with Crippen molar-refractivity contribution in [3.8, 4) is 0 Å². The summed E-state index contributed by atoms with van der Waals surface area (Å²) in [6.07, 6.45) is 2.23. The van der Waals surface area contributed by atoms with Gasteiger partial charge in [-0.25, -0.2) is 0 Å². The first-order valence-electron chi connectivity index (χ1n) is 5.73. The molecule has 0 unspecified atom stereocenters. The van der Waals surface area contributed by atoms with E-state index in [0.29, 0.717) is 5.92 Å². The number of halogens is 1. The lowest BCUT2D eigenvalue weighted by atomic mass is 10.0. The highest BCUT2D eigenvalue weighted by molar-refractivity contribution is 14.2. The minimum absolute atomic E-state index is 0.384. The van der Waals surface area contributed by atoms with Crippen LogP contribution in [0, 0.1) is 5.92 Å². The van der Waals surface area contributed by atoms with E-state index in [2.05, 4.69) is 21.2 Å². The van der Waals surface area contributed by atoms with E-state index in [4.69, 9.17) is 14.2 Å². The van der Waals surface area contributed by atoms with Crippen LogP contribution < -0.4 is 0 Å². The minimum Gasteiger partial charge on any atom is -0.381 e. The van der Waals surface area contributed by atoms with Crippen molar-refractivity contribution in [3.63, 3.8) is 0 Å². The van der Waals surface area contributed by atoms with Crippen molar-refractivity contribution < 1.29 is 14.2 Å². The highest BCUT2D eigenvalue weighted by Crippen LogP contribution is 2.22. The van der Waals surface area contributed by atoms with E-state index >= 15 is 0 Å². The zero-order chi connectivity index (χ0) is 11.9. The molecule has 1 aliphatic rings. The molecule has 0 radical (unpaired) electrons. The van der Waals surface area contributed by atoms with Crippen LogP contribution in [0.4, 0.5) is 0 Å². The molecule has 0 bridgehead atoms. The molecule has 0 aliphatic carbocycles. The SMILES string of the molecule is CC1(C)OCC(CCCOCCSI)CO1. The molecule has 0 spiro atoms. The summed E-state index contributed by atoms with van der Waals surface area (Å²) in [6.45, 7) is 7.28. The van der Waals surface area contributed by atoms with Crippen molar-refractivity contribution in [3.05, 3.63) is 0 Å². The van der Waals surface area contributed by atoms with Crippen molar-refractivity contribution in [2.45, 2.75) is 32.5 Å². The molecule has 0 amide bonds. The first-order chi connectivity index (χ1) is 7.64. The summed E-state index contributed by atoms with van der Waals surface area (Å²) in [5, 5.41) is 0. The molecule has 1 heterocycles. The van der Waals surface area contributed by atoms with Gasteiger partial charge in [-0.3, -0.25) is 0 Å². The highest BCUT2D eigenvalue weighted by Gasteiger charge is 2.27. The Kier molecular flexibility index (Phi) is 7.63. The third kappa shape index (κ3) is 6.64. The zero-order valence-corrected chi connectivity index (χ0v) is 13.0. The topological polar surface area (TPSA) is 27.7 Å². The van der Waals surface area contributed by atoms with Crippen molar-refractivity contribution in [2.24, 2.45) is 5.92 Å². The molecule has 1 rings (SSSR count). The van der Waals surface area contributed by atoms with E-state index in [1.807, 2.05) is 13.8 Å². The summed E-state index contributed by atoms with van der Waals surface area (Å²) < 4.78 is 16.7. The maximum atomic E-state index is 5.61. The van der Waals surface area contributed by atoms with Crippen LogP contribution in [0.3, 0.4) is 0 Å². The van der Waals surface area contributed by atoms with Crippen LogP contribution in [-0.2, 0) is 14.2 Å². The summed E-state index contributed by atoms with van der Waals surface area (Å²) in [6, 6.07) is 0. The van der Waals surface area contributed by atoms with Gasteiger partial charge < -0.3 is 14.2 Å². The van der Waals surface area contributed by atoms with E-state index in [1.165, 1.54) is 0 Å². The van der Waals surface area contributed by atoms with Gasteiger partial charge in [0.2, 0.25) is 0 Å². The molecule has 0 saturated carbocycles. The summed E-state index contributed by atoms with van der Waals surface area (Å²) in [5.41, 5.74) is 0. The fraction of sp³-hybridized carbons (Fsp3) is 1.00. The van der Waals surface area contributed by atoms with E-state index in [0.717, 1.165) is 45.0 Å². The van der Waals surface area contributed by atoms with Crippen LogP contribution >= 0.6 is 30.1 Å². The van der Waals surface area contributed by atoms with Crippen molar-refractivity contribution in [2.75, 3.05) is 32.2 Å². The number of hydrogen-bond acceptors (Lipinski definition) is 4. The standard InChI is InChI=1S/C11H21IO3S/c1-11(2)14-8-10(9-15-11)4-3-5-13-6-7-16-12/h10H,3-9H2,1-2H3. The second kappa shape index (κ2) is 8.13. The molecule has 0 aromatic rings. The molecule has 0 aromatic heterocycles. The number of hydrogen-bond donors (Lipinski definition) is 0. The van der Waals surface area contributed by atoms with Gasteiger partial charge in [0.25, 0.3) is 0 Å². The Morgan fingerprint density at radius 1 is 1.31 bits per heavy atom. The smallest absolute Gasteiger partial charge is 0.162 e. The normalized spacial score (nSPS) is 21.2. The van der Waals surface area contributed by atoms with Gasteiger partial charge in [-0.15, -0.1) is 0 Å². The van der Waals surface area contributed by atoms with Crippen molar-refractivity contribution in [1.82, 2.24) is 0 Å². The van der Waals surface area contributed by atoms with Gasteiger partial charge in [-0.1, -0.05) is 8.93 Å². The minimum atomic E-state index is -0.384. The Morgan fingerprint density at radius 2 is 2.00 bits per heavy atom. The lowest BCUT2D eigenvalue weighted by molar-refractivity contribution is -0.262. The van der Waals surface area contributed by atoms with E-state index in [9.17, 15) is 0 Å². The first kappa shape index (κ1) is 15.0. The summed E-state index contributed by atoms with van der Waals surface area (Å²) in [5.74, 6) is 1.23. The largest absolute Gasteiger partial charge is 0.381 e. The Morgan fingerprint density at radius 3 is 2.62 bits per heavy atom. The molecule has 0 N–H and O–H groups in total.